The molecule has 1 aliphatic carbocycles. The first-order valence-corrected chi connectivity index (χ1v) is 13.2. The molecule has 3 rings (SSSR count). The highest BCUT2D eigenvalue weighted by molar-refractivity contribution is 5.66. The van der Waals surface area contributed by atoms with E-state index in [1.807, 2.05) is 6.08 Å². The smallest absolute Gasteiger partial charge is 0.303 e. The molecule has 0 saturated heterocycles. The van der Waals surface area contributed by atoms with Crippen LogP contribution in [0.5, 0.6) is 5.75 Å². The average Bonchev–Trinajstić information content (AvgIpc) is 2.81. The zero-order valence-electron chi connectivity index (χ0n) is 21.9. The van der Waals surface area contributed by atoms with Gasteiger partial charge in [-0.1, -0.05) is 56.3 Å². The summed E-state index contributed by atoms with van der Waals surface area (Å²) in [6, 6.07) is 13.3. The normalized spacial score (nSPS) is 15.2. The zero-order valence-corrected chi connectivity index (χ0v) is 21.9. The van der Waals surface area contributed by atoms with E-state index in [0.29, 0.717) is 13.0 Å². The number of unbranched alkanes of at least 4 members (excludes halogenated alkanes) is 2. The predicted molar refractivity (Wildman–Crippen MR) is 143 cm³/mol. The molecule has 0 bridgehead atoms. The molecule has 1 fully saturated rings. The molecule has 1 aliphatic rings. The van der Waals surface area contributed by atoms with E-state index in [4.69, 9.17) is 9.84 Å². The molecule has 0 atom stereocenters. The number of aliphatic carboxylic acids is 1. The number of benzene rings is 2. The Kier molecular flexibility index (Phi) is 9.18. The minimum Gasteiger partial charge on any atom is -0.493 e. The number of carbonyl (C=O) groups is 1. The van der Waals surface area contributed by atoms with Crippen molar-refractivity contribution in [3.05, 3.63) is 70.3 Å². The van der Waals surface area contributed by atoms with Crippen molar-refractivity contribution in [2.24, 2.45) is 0 Å². The van der Waals surface area contributed by atoms with Gasteiger partial charge in [0.25, 0.3) is 0 Å². The lowest BCUT2D eigenvalue weighted by Gasteiger charge is -2.34. The van der Waals surface area contributed by atoms with Gasteiger partial charge in [-0.05, 0) is 99.1 Å². The third-order valence-corrected chi connectivity index (χ3v) is 7.84. The van der Waals surface area contributed by atoms with Crippen molar-refractivity contribution in [3.63, 3.8) is 0 Å². The van der Waals surface area contributed by atoms with Crippen LogP contribution in [0.3, 0.4) is 0 Å². The van der Waals surface area contributed by atoms with Gasteiger partial charge in [0.2, 0.25) is 0 Å². The molecule has 4 heteroatoms. The third kappa shape index (κ3) is 6.55. The number of ether oxygens (including phenoxy) is 1. The maximum Gasteiger partial charge on any atom is 0.303 e. The van der Waals surface area contributed by atoms with Gasteiger partial charge in [-0.25, -0.2) is 0 Å². The first-order valence-electron chi connectivity index (χ1n) is 13.2. The Balaban J connectivity index is 1.74. The number of rotatable bonds is 13. The molecule has 0 amide bonds. The molecule has 0 aliphatic heterocycles. The van der Waals surface area contributed by atoms with E-state index in [1.54, 1.807) is 0 Å². The van der Waals surface area contributed by atoms with Gasteiger partial charge in [0.05, 0.1) is 12.2 Å². The molecule has 2 aromatic carbocycles. The molecule has 0 heterocycles. The van der Waals surface area contributed by atoms with Crippen LogP contribution in [0.15, 0.2) is 42.5 Å². The summed E-state index contributed by atoms with van der Waals surface area (Å²) in [6.07, 6.45) is 11.5. The molecule has 190 valence electrons. The lowest BCUT2D eigenvalue weighted by Crippen LogP contribution is -2.33. The molecule has 0 spiro atoms. The van der Waals surface area contributed by atoms with Crippen molar-refractivity contribution in [1.29, 1.82) is 0 Å². The Bertz CT molecular complexity index is 1030. The Morgan fingerprint density at radius 3 is 2.20 bits per heavy atom. The van der Waals surface area contributed by atoms with Gasteiger partial charge in [-0.15, -0.1) is 0 Å². The van der Waals surface area contributed by atoms with E-state index in [-0.39, 0.29) is 11.8 Å². The highest BCUT2D eigenvalue weighted by atomic mass is 16.5. The molecule has 0 radical (unpaired) electrons. The number of hydrogen-bond donors (Lipinski definition) is 2. The number of hydrogen-bond acceptors (Lipinski definition) is 3. The summed E-state index contributed by atoms with van der Waals surface area (Å²) in [5.74, 6) is 0.167. The first kappa shape index (κ1) is 27.0. The minimum atomic E-state index is -0.735. The van der Waals surface area contributed by atoms with Gasteiger partial charge in [0.1, 0.15) is 5.75 Å². The summed E-state index contributed by atoms with van der Waals surface area (Å²) in [5.41, 5.74) is 5.47. The van der Waals surface area contributed by atoms with Crippen molar-refractivity contribution in [3.8, 4) is 5.75 Å². The molecule has 0 unspecified atom stereocenters. The number of carboxylic acid groups (broad SMARTS) is 1. The number of aliphatic hydroxyl groups is 1. The van der Waals surface area contributed by atoms with E-state index in [9.17, 15) is 9.90 Å². The Labute approximate surface area is 211 Å². The fourth-order valence-electron chi connectivity index (χ4n) is 5.19. The van der Waals surface area contributed by atoms with Crippen LogP contribution in [0.4, 0.5) is 0 Å². The second kappa shape index (κ2) is 11.9. The number of aryl methyl sites for hydroxylation is 2. The lowest BCUT2D eigenvalue weighted by atomic mass is 9.70. The summed E-state index contributed by atoms with van der Waals surface area (Å²) < 4.78 is 6.01. The molecular formula is C31H42O4. The van der Waals surface area contributed by atoms with Gasteiger partial charge in [0, 0.05) is 11.8 Å². The van der Waals surface area contributed by atoms with Crippen molar-refractivity contribution >= 4 is 12.0 Å². The van der Waals surface area contributed by atoms with Crippen molar-refractivity contribution in [1.82, 2.24) is 0 Å². The van der Waals surface area contributed by atoms with Crippen LogP contribution in [0, 0.1) is 13.8 Å². The van der Waals surface area contributed by atoms with Gasteiger partial charge in [-0.2, -0.15) is 0 Å². The van der Waals surface area contributed by atoms with Gasteiger partial charge < -0.3 is 14.9 Å². The van der Waals surface area contributed by atoms with E-state index in [1.165, 1.54) is 22.3 Å². The average molecular weight is 479 g/mol. The van der Waals surface area contributed by atoms with Gasteiger partial charge in [-0.3, -0.25) is 4.79 Å². The van der Waals surface area contributed by atoms with E-state index < -0.39 is 11.6 Å². The van der Waals surface area contributed by atoms with Crippen molar-refractivity contribution in [2.75, 3.05) is 6.61 Å². The highest BCUT2D eigenvalue weighted by Gasteiger charge is 2.32. The van der Waals surface area contributed by atoms with Gasteiger partial charge >= 0.3 is 5.97 Å². The molecule has 2 N–H and O–H groups in total. The summed E-state index contributed by atoms with van der Waals surface area (Å²) in [6.45, 7) is 9.38. The maximum atomic E-state index is 10.6. The topological polar surface area (TPSA) is 66.8 Å². The van der Waals surface area contributed by atoms with Crippen LogP contribution >= 0.6 is 0 Å². The van der Waals surface area contributed by atoms with E-state index in [2.05, 4.69) is 70.2 Å². The van der Waals surface area contributed by atoms with Crippen LogP contribution < -0.4 is 4.74 Å². The molecule has 0 aromatic heterocycles. The first-order chi connectivity index (χ1) is 16.7. The summed E-state index contributed by atoms with van der Waals surface area (Å²) >= 11 is 0. The largest absolute Gasteiger partial charge is 0.493 e. The Hall–Kier alpha value is -2.59. The maximum absolute atomic E-state index is 10.6. The molecule has 4 nitrogen and oxygen atoms in total. The predicted octanol–water partition coefficient (Wildman–Crippen LogP) is 7.36. The highest BCUT2D eigenvalue weighted by Crippen LogP contribution is 2.41. The third-order valence-electron chi connectivity index (χ3n) is 7.84. The molecule has 35 heavy (non-hydrogen) atoms. The van der Waals surface area contributed by atoms with E-state index in [0.717, 1.165) is 56.3 Å². The zero-order chi connectivity index (χ0) is 25.5. The fraction of sp³-hybridized carbons (Fsp3) is 0.516. The standard InChI is InChI=1S/C31H42O4/c1-5-31(6-2,26-13-12-25(23(3)21-26)16-19-30(34)17-10-18-30)27-14-15-28(24(4)22-27)35-20-9-7-8-11-29(32)33/h12-16,19,21-22,34H,5-11,17-18,20H2,1-4H3,(H,32,33). The Morgan fingerprint density at radius 1 is 1.00 bits per heavy atom. The van der Waals surface area contributed by atoms with Crippen LogP contribution in [0.25, 0.3) is 6.08 Å². The van der Waals surface area contributed by atoms with Crippen LogP contribution in [-0.2, 0) is 10.2 Å². The Morgan fingerprint density at radius 2 is 1.66 bits per heavy atom. The second-order valence-corrected chi connectivity index (χ2v) is 10.2. The summed E-state index contributed by atoms with van der Waals surface area (Å²) in [7, 11) is 0. The molecule has 2 aromatic rings. The second-order valence-electron chi connectivity index (χ2n) is 10.2. The fourth-order valence-corrected chi connectivity index (χ4v) is 5.19. The SMILES string of the molecule is CCC(CC)(c1ccc(C=CC2(O)CCC2)c(C)c1)c1ccc(OCCCCCC(=O)O)c(C)c1. The van der Waals surface area contributed by atoms with Crippen LogP contribution in [-0.4, -0.2) is 28.4 Å². The quantitative estimate of drug-likeness (QED) is 0.295. The summed E-state index contributed by atoms with van der Waals surface area (Å²) in [5, 5.41) is 19.2. The van der Waals surface area contributed by atoms with E-state index >= 15 is 0 Å². The van der Waals surface area contributed by atoms with Crippen molar-refractivity contribution in [2.45, 2.75) is 96.5 Å². The van der Waals surface area contributed by atoms with Crippen LogP contribution in [0.2, 0.25) is 0 Å². The monoisotopic (exact) mass is 478 g/mol. The lowest BCUT2D eigenvalue weighted by molar-refractivity contribution is -0.137. The van der Waals surface area contributed by atoms with Crippen LogP contribution in [0.1, 0.15) is 99.5 Å². The minimum absolute atomic E-state index is 0.0701. The number of carboxylic acids is 1. The molecule has 1 saturated carbocycles. The van der Waals surface area contributed by atoms with Crippen molar-refractivity contribution < 1.29 is 19.7 Å². The molecular weight excluding hydrogens is 436 g/mol. The summed E-state index contributed by atoms with van der Waals surface area (Å²) in [4.78, 5) is 10.6. The van der Waals surface area contributed by atoms with Gasteiger partial charge in [0.15, 0.2) is 0 Å².